The summed E-state index contributed by atoms with van der Waals surface area (Å²) in [7, 11) is 0. The maximum absolute atomic E-state index is 13.3. The van der Waals surface area contributed by atoms with Gasteiger partial charge in [-0.2, -0.15) is 5.10 Å². The summed E-state index contributed by atoms with van der Waals surface area (Å²) < 4.78 is 1.93. The standard InChI is InChI=1S/C29H42N6O/c1-5-8-14-23(7-3)29(36)34-18-12-17-33(19-20-34)27-25-21-30-35(24-15-10-9-11-16-24)28(25)32-26(31-27)22(4)13-6-2/h9-11,15-16,21-23H,5-8,12-14,17-20H2,1-4H3/t22-,23+/m1/s1. The second-order valence-electron chi connectivity index (χ2n) is 10.1. The van der Waals surface area contributed by atoms with Gasteiger partial charge in [0.05, 0.1) is 17.3 Å². The number of benzene rings is 1. The fraction of sp³-hybridized carbons (Fsp3) is 0.586. The van der Waals surface area contributed by atoms with Gasteiger partial charge >= 0.3 is 0 Å². The lowest BCUT2D eigenvalue weighted by molar-refractivity contribution is -0.135. The molecule has 1 amide bonds. The molecule has 2 aromatic heterocycles. The minimum Gasteiger partial charge on any atom is -0.354 e. The number of amides is 1. The second kappa shape index (κ2) is 12.3. The number of hydrogen-bond donors (Lipinski definition) is 0. The van der Waals surface area contributed by atoms with Crippen molar-refractivity contribution in [2.75, 3.05) is 31.1 Å². The summed E-state index contributed by atoms with van der Waals surface area (Å²) in [6, 6.07) is 10.2. The third kappa shape index (κ3) is 5.71. The summed E-state index contributed by atoms with van der Waals surface area (Å²) in [6.45, 7) is 12.0. The molecule has 3 aromatic rings. The predicted octanol–water partition coefficient (Wildman–Crippen LogP) is 5.97. The Morgan fingerprint density at radius 1 is 0.972 bits per heavy atom. The molecular formula is C29H42N6O. The van der Waals surface area contributed by atoms with E-state index in [2.05, 4.69) is 49.6 Å². The van der Waals surface area contributed by atoms with E-state index in [-0.39, 0.29) is 11.8 Å². The molecule has 0 radical (unpaired) electrons. The van der Waals surface area contributed by atoms with Crippen molar-refractivity contribution < 1.29 is 4.79 Å². The van der Waals surface area contributed by atoms with Gasteiger partial charge in [-0.05, 0) is 37.8 Å². The molecule has 36 heavy (non-hydrogen) atoms. The zero-order valence-electron chi connectivity index (χ0n) is 22.5. The molecule has 1 aliphatic rings. The molecule has 1 saturated heterocycles. The third-order valence-electron chi connectivity index (χ3n) is 7.44. The number of hydrogen-bond acceptors (Lipinski definition) is 5. The molecule has 2 atom stereocenters. The molecule has 0 N–H and O–H groups in total. The van der Waals surface area contributed by atoms with Gasteiger partial charge in [0.2, 0.25) is 5.91 Å². The first-order valence-electron chi connectivity index (χ1n) is 13.9. The lowest BCUT2D eigenvalue weighted by atomic mass is 9.97. The van der Waals surface area contributed by atoms with Crippen molar-refractivity contribution in [1.82, 2.24) is 24.6 Å². The van der Waals surface area contributed by atoms with Crippen LogP contribution >= 0.6 is 0 Å². The van der Waals surface area contributed by atoms with Crippen LogP contribution in [0, 0.1) is 5.92 Å². The highest BCUT2D eigenvalue weighted by Crippen LogP contribution is 2.30. The Hall–Kier alpha value is -2.96. The predicted molar refractivity (Wildman–Crippen MR) is 147 cm³/mol. The monoisotopic (exact) mass is 490 g/mol. The smallest absolute Gasteiger partial charge is 0.225 e. The van der Waals surface area contributed by atoms with E-state index in [4.69, 9.17) is 15.1 Å². The molecule has 0 spiro atoms. The van der Waals surface area contributed by atoms with Gasteiger partial charge in [0.1, 0.15) is 11.6 Å². The summed E-state index contributed by atoms with van der Waals surface area (Å²) in [5, 5.41) is 5.69. The Labute approximate surface area is 215 Å². The van der Waals surface area contributed by atoms with Crippen LogP contribution in [0.1, 0.15) is 84.4 Å². The summed E-state index contributed by atoms with van der Waals surface area (Å²) in [5.41, 5.74) is 1.85. The average Bonchev–Trinajstić information content (AvgIpc) is 3.18. The summed E-state index contributed by atoms with van der Waals surface area (Å²) in [5.74, 6) is 2.57. The average molecular weight is 491 g/mol. The van der Waals surface area contributed by atoms with Gasteiger partial charge in [-0.1, -0.05) is 65.2 Å². The van der Waals surface area contributed by atoms with E-state index in [0.717, 1.165) is 99.5 Å². The first-order valence-corrected chi connectivity index (χ1v) is 13.9. The normalized spacial score (nSPS) is 16.2. The molecule has 7 heteroatoms. The SMILES string of the molecule is CCCC[C@H](CC)C(=O)N1CCCN(c2nc([C@H](C)CCC)nc3c2cnn3-c2ccccc2)CC1. The molecule has 0 bridgehead atoms. The van der Waals surface area contributed by atoms with Crippen LogP contribution in [-0.2, 0) is 4.79 Å². The second-order valence-corrected chi connectivity index (χ2v) is 10.1. The first kappa shape index (κ1) is 26.1. The van der Waals surface area contributed by atoms with Gasteiger partial charge < -0.3 is 9.80 Å². The van der Waals surface area contributed by atoms with Crippen molar-refractivity contribution >= 4 is 22.8 Å². The van der Waals surface area contributed by atoms with Gasteiger partial charge in [-0.25, -0.2) is 14.6 Å². The van der Waals surface area contributed by atoms with Crippen molar-refractivity contribution in [1.29, 1.82) is 0 Å². The van der Waals surface area contributed by atoms with E-state index in [1.54, 1.807) is 0 Å². The molecule has 7 nitrogen and oxygen atoms in total. The van der Waals surface area contributed by atoms with Crippen LogP contribution in [0.4, 0.5) is 5.82 Å². The lowest BCUT2D eigenvalue weighted by Gasteiger charge is -2.26. The zero-order chi connectivity index (χ0) is 25.5. The molecule has 0 aliphatic carbocycles. The van der Waals surface area contributed by atoms with Crippen molar-refractivity contribution in [3.05, 3.63) is 42.4 Å². The number of fused-ring (bicyclic) bond motifs is 1. The Kier molecular flexibility index (Phi) is 8.94. The van der Waals surface area contributed by atoms with E-state index in [1.165, 1.54) is 0 Å². The van der Waals surface area contributed by atoms with E-state index < -0.39 is 0 Å². The molecule has 1 aromatic carbocycles. The Morgan fingerprint density at radius 2 is 1.78 bits per heavy atom. The molecule has 3 heterocycles. The number of nitrogens with zero attached hydrogens (tertiary/aromatic N) is 6. The topological polar surface area (TPSA) is 67.2 Å². The van der Waals surface area contributed by atoms with Crippen LogP contribution in [0.3, 0.4) is 0 Å². The maximum atomic E-state index is 13.3. The number of aromatic nitrogens is 4. The fourth-order valence-corrected chi connectivity index (χ4v) is 5.25. The van der Waals surface area contributed by atoms with Gasteiger partial charge in [-0.3, -0.25) is 4.79 Å². The first-order chi connectivity index (χ1) is 17.6. The quantitative estimate of drug-likeness (QED) is 0.350. The maximum Gasteiger partial charge on any atom is 0.225 e. The minimum atomic E-state index is 0.146. The van der Waals surface area contributed by atoms with Crippen LogP contribution in [0.25, 0.3) is 16.7 Å². The molecule has 0 unspecified atom stereocenters. The van der Waals surface area contributed by atoms with E-state index in [9.17, 15) is 4.79 Å². The number of unbranched alkanes of at least 4 members (excludes halogenated alkanes) is 1. The molecule has 194 valence electrons. The van der Waals surface area contributed by atoms with Gasteiger partial charge in [-0.15, -0.1) is 0 Å². The van der Waals surface area contributed by atoms with Crippen LogP contribution in [0.15, 0.2) is 36.5 Å². The summed E-state index contributed by atoms with van der Waals surface area (Å²) >= 11 is 0. The van der Waals surface area contributed by atoms with Gasteiger partial charge in [0.25, 0.3) is 0 Å². The van der Waals surface area contributed by atoms with Crippen molar-refractivity contribution in [2.24, 2.45) is 5.92 Å². The Bertz CT molecular complexity index is 1130. The minimum absolute atomic E-state index is 0.146. The number of para-hydroxylation sites is 1. The van der Waals surface area contributed by atoms with Crippen LogP contribution < -0.4 is 4.90 Å². The van der Waals surface area contributed by atoms with Crippen molar-refractivity contribution in [3.8, 4) is 5.69 Å². The lowest BCUT2D eigenvalue weighted by Crippen LogP contribution is -2.39. The number of carbonyl (C=O) groups excluding carboxylic acids is 1. The molecule has 1 fully saturated rings. The van der Waals surface area contributed by atoms with Gasteiger partial charge in [0, 0.05) is 38.0 Å². The fourth-order valence-electron chi connectivity index (χ4n) is 5.25. The Balaban J connectivity index is 1.64. The van der Waals surface area contributed by atoms with Crippen LogP contribution in [0.2, 0.25) is 0 Å². The molecule has 4 rings (SSSR count). The van der Waals surface area contributed by atoms with E-state index >= 15 is 0 Å². The summed E-state index contributed by atoms with van der Waals surface area (Å²) in [4.78, 5) is 27.9. The highest BCUT2D eigenvalue weighted by molar-refractivity contribution is 5.88. The van der Waals surface area contributed by atoms with Crippen molar-refractivity contribution in [3.63, 3.8) is 0 Å². The van der Waals surface area contributed by atoms with E-state index in [1.807, 2.05) is 29.1 Å². The zero-order valence-corrected chi connectivity index (χ0v) is 22.5. The highest BCUT2D eigenvalue weighted by atomic mass is 16.2. The van der Waals surface area contributed by atoms with Crippen molar-refractivity contribution in [2.45, 2.75) is 78.6 Å². The largest absolute Gasteiger partial charge is 0.354 e. The number of rotatable bonds is 10. The Morgan fingerprint density at radius 3 is 2.50 bits per heavy atom. The highest BCUT2D eigenvalue weighted by Gasteiger charge is 2.27. The molecular weight excluding hydrogens is 448 g/mol. The number of anilines is 1. The van der Waals surface area contributed by atoms with Crippen LogP contribution in [-0.4, -0.2) is 56.7 Å². The number of carbonyl (C=O) groups is 1. The van der Waals surface area contributed by atoms with Gasteiger partial charge in [0.15, 0.2) is 5.65 Å². The molecule has 1 aliphatic heterocycles. The van der Waals surface area contributed by atoms with Crippen LogP contribution in [0.5, 0.6) is 0 Å². The summed E-state index contributed by atoms with van der Waals surface area (Å²) in [6.07, 6.45) is 9.14. The molecule has 0 saturated carbocycles. The third-order valence-corrected chi connectivity index (χ3v) is 7.44. The van der Waals surface area contributed by atoms with E-state index in [0.29, 0.717) is 5.91 Å².